The minimum absolute atomic E-state index is 0.258. The molecule has 0 saturated heterocycles. The minimum atomic E-state index is -1.92. The van der Waals surface area contributed by atoms with E-state index in [1.807, 2.05) is 6.92 Å². The van der Waals surface area contributed by atoms with Crippen molar-refractivity contribution in [1.82, 2.24) is 0 Å². The monoisotopic (exact) mass is 405 g/mol. The number of Topliss-reactive ketones (excluding diaryl/α,β-unsaturated/α-hetero) is 1. The summed E-state index contributed by atoms with van der Waals surface area (Å²) in [5, 5.41) is 11.1. The number of carbonyl (C=O) groups excluding carboxylic acids is 2. The zero-order chi connectivity index (χ0) is 18.2. The number of fused-ring (bicyclic) bond motifs is 1. The molecule has 130 valence electrons. The van der Waals surface area contributed by atoms with Gasteiger partial charge in [-0.2, -0.15) is 0 Å². The number of anilines is 1. The number of hydrogen-bond acceptors (Lipinski definition) is 3. The van der Waals surface area contributed by atoms with Crippen LogP contribution in [0.5, 0.6) is 0 Å². The molecule has 0 aromatic heterocycles. The van der Waals surface area contributed by atoms with Crippen LogP contribution < -0.4 is 4.90 Å². The summed E-state index contributed by atoms with van der Waals surface area (Å²) in [6.45, 7) is 2.40. The first-order valence-electron chi connectivity index (χ1n) is 8.00. The zero-order valence-corrected chi connectivity index (χ0v) is 15.2. The highest BCUT2D eigenvalue weighted by Gasteiger charge is 2.50. The molecule has 3 rings (SSSR count). The van der Waals surface area contributed by atoms with Gasteiger partial charge in [0.05, 0.1) is 12.1 Å². The molecule has 0 bridgehead atoms. The molecule has 1 aliphatic heterocycles. The molecule has 1 heterocycles. The largest absolute Gasteiger partial charge is 0.375 e. The normalized spacial score (nSPS) is 19.2. The van der Waals surface area contributed by atoms with E-state index in [0.29, 0.717) is 22.3 Å². The van der Waals surface area contributed by atoms with Crippen LogP contribution in [0.4, 0.5) is 10.1 Å². The Balaban J connectivity index is 1.99. The molecule has 0 saturated carbocycles. The van der Waals surface area contributed by atoms with Crippen molar-refractivity contribution in [2.45, 2.75) is 25.4 Å². The highest BCUT2D eigenvalue weighted by atomic mass is 79.9. The van der Waals surface area contributed by atoms with E-state index in [2.05, 4.69) is 15.9 Å². The second-order valence-corrected chi connectivity index (χ2v) is 7.00. The smallest absolute Gasteiger partial charge is 0.264 e. The average molecular weight is 406 g/mol. The molecule has 25 heavy (non-hydrogen) atoms. The molecule has 4 nitrogen and oxygen atoms in total. The van der Waals surface area contributed by atoms with Gasteiger partial charge in [0.2, 0.25) is 0 Å². The molecule has 0 unspecified atom stereocenters. The summed E-state index contributed by atoms with van der Waals surface area (Å²) in [6, 6.07) is 10.3. The third-order valence-electron chi connectivity index (χ3n) is 4.32. The number of hydrogen-bond donors (Lipinski definition) is 1. The number of benzene rings is 2. The Kier molecular flexibility index (Phi) is 4.75. The van der Waals surface area contributed by atoms with E-state index in [1.54, 1.807) is 18.2 Å². The van der Waals surface area contributed by atoms with Crippen LogP contribution in [0.2, 0.25) is 0 Å². The van der Waals surface area contributed by atoms with Gasteiger partial charge in [-0.1, -0.05) is 22.9 Å². The summed E-state index contributed by atoms with van der Waals surface area (Å²) in [6.07, 6.45) is 0.338. The second-order valence-electron chi connectivity index (χ2n) is 6.09. The van der Waals surface area contributed by atoms with Crippen LogP contribution in [0.15, 0.2) is 46.9 Å². The minimum Gasteiger partial charge on any atom is -0.375 e. The van der Waals surface area contributed by atoms with Crippen molar-refractivity contribution < 1.29 is 19.1 Å². The number of aliphatic hydroxyl groups is 1. The van der Waals surface area contributed by atoms with Gasteiger partial charge in [0, 0.05) is 22.1 Å². The molecule has 0 spiro atoms. The number of halogens is 2. The van der Waals surface area contributed by atoms with Gasteiger partial charge in [0.25, 0.3) is 5.91 Å². The standard InChI is InChI=1S/C19H17BrFNO3/c1-2-9-22-16-8-5-13(20)10-15(16)19(25,18(22)24)11-17(23)12-3-6-14(21)7-4-12/h3-8,10,25H,2,9,11H2,1H3/t19-/m1/s1. The Bertz CT molecular complexity index is 837. The summed E-state index contributed by atoms with van der Waals surface area (Å²) in [5.41, 5.74) is -0.631. The highest BCUT2D eigenvalue weighted by molar-refractivity contribution is 9.10. The van der Waals surface area contributed by atoms with E-state index in [-0.39, 0.29) is 12.0 Å². The fraction of sp³-hybridized carbons (Fsp3) is 0.263. The fourth-order valence-corrected chi connectivity index (χ4v) is 3.47. The van der Waals surface area contributed by atoms with E-state index in [0.717, 1.165) is 6.42 Å². The molecule has 1 aliphatic rings. The van der Waals surface area contributed by atoms with Gasteiger partial charge in [0.15, 0.2) is 11.4 Å². The number of ketones is 1. The lowest BCUT2D eigenvalue weighted by atomic mass is 9.88. The topological polar surface area (TPSA) is 57.6 Å². The van der Waals surface area contributed by atoms with Crippen LogP contribution in [-0.4, -0.2) is 23.3 Å². The van der Waals surface area contributed by atoms with E-state index in [1.165, 1.54) is 29.2 Å². The van der Waals surface area contributed by atoms with Gasteiger partial charge in [0.1, 0.15) is 5.82 Å². The van der Waals surface area contributed by atoms with Crippen molar-refractivity contribution in [2.75, 3.05) is 11.4 Å². The molecule has 6 heteroatoms. The molecular weight excluding hydrogens is 389 g/mol. The van der Waals surface area contributed by atoms with E-state index in [9.17, 15) is 19.1 Å². The average Bonchev–Trinajstić information content (AvgIpc) is 2.77. The van der Waals surface area contributed by atoms with Gasteiger partial charge in [-0.15, -0.1) is 0 Å². The number of rotatable bonds is 5. The Morgan fingerprint density at radius 1 is 1.24 bits per heavy atom. The first-order chi connectivity index (χ1) is 11.9. The highest BCUT2D eigenvalue weighted by Crippen LogP contribution is 2.44. The number of nitrogens with zero attached hydrogens (tertiary/aromatic N) is 1. The lowest BCUT2D eigenvalue weighted by molar-refractivity contribution is -0.135. The van der Waals surface area contributed by atoms with Crippen LogP contribution >= 0.6 is 15.9 Å². The Morgan fingerprint density at radius 3 is 2.56 bits per heavy atom. The second kappa shape index (κ2) is 6.69. The lowest BCUT2D eigenvalue weighted by Gasteiger charge is -2.22. The predicted octanol–water partition coefficient (Wildman–Crippen LogP) is 3.81. The number of carbonyl (C=O) groups is 2. The first-order valence-corrected chi connectivity index (χ1v) is 8.79. The van der Waals surface area contributed by atoms with E-state index >= 15 is 0 Å². The van der Waals surface area contributed by atoms with Gasteiger partial charge in [-0.05, 0) is 48.9 Å². The predicted molar refractivity (Wildman–Crippen MR) is 96.0 cm³/mol. The van der Waals surface area contributed by atoms with Crippen molar-refractivity contribution in [3.05, 3.63) is 63.9 Å². The zero-order valence-electron chi connectivity index (χ0n) is 13.6. The first kappa shape index (κ1) is 17.8. The summed E-state index contributed by atoms with van der Waals surface area (Å²) >= 11 is 3.35. The van der Waals surface area contributed by atoms with E-state index < -0.39 is 23.1 Å². The third kappa shape index (κ3) is 3.12. The van der Waals surface area contributed by atoms with Crippen LogP contribution in [0.3, 0.4) is 0 Å². The van der Waals surface area contributed by atoms with Crippen molar-refractivity contribution in [3.8, 4) is 0 Å². The van der Waals surface area contributed by atoms with Crippen molar-refractivity contribution >= 4 is 33.3 Å². The number of amides is 1. The maximum Gasteiger partial charge on any atom is 0.264 e. The SMILES string of the molecule is CCCN1C(=O)[C@@](O)(CC(=O)c2ccc(F)cc2)c2cc(Br)ccc21. The maximum atomic E-state index is 13.0. The maximum absolute atomic E-state index is 13.0. The molecule has 0 aliphatic carbocycles. The molecular formula is C19H17BrFNO3. The quantitative estimate of drug-likeness (QED) is 0.769. The summed E-state index contributed by atoms with van der Waals surface area (Å²) in [4.78, 5) is 26.9. The van der Waals surface area contributed by atoms with E-state index in [4.69, 9.17) is 0 Å². The summed E-state index contributed by atoms with van der Waals surface area (Å²) < 4.78 is 13.8. The Morgan fingerprint density at radius 2 is 1.92 bits per heavy atom. The molecule has 2 aromatic carbocycles. The van der Waals surface area contributed by atoms with Gasteiger partial charge < -0.3 is 10.0 Å². The molecule has 0 fully saturated rings. The van der Waals surface area contributed by atoms with Crippen molar-refractivity contribution in [2.24, 2.45) is 0 Å². The Hall–Kier alpha value is -2.05. The fourth-order valence-electron chi connectivity index (χ4n) is 3.11. The molecule has 2 aromatic rings. The molecule has 1 amide bonds. The molecule has 1 N–H and O–H groups in total. The van der Waals surface area contributed by atoms with Gasteiger partial charge >= 0.3 is 0 Å². The lowest BCUT2D eigenvalue weighted by Crippen LogP contribution is -2.42. The summed E-state index contributed by atoms with van der Waals surface area (Å²) in [7, 11) is 0. The van der Waals surface area contributed by atoms with Crippen molar-refractivity contribution in [1.29, 1.82) is 0 Å². The molecule has 0 radical (unpaired) electrons. The summed E-state index contributed by atoms with van der Waals surface area (Å²) in [5.74, 6) is -1.37. The van der Waals surface area contributed by atoms with Crippen LogP contribution in [0.1, 0.15) is 35.7 Å². The Labute approximate surface area is 153 Å². The van der Waals surface area contributed by atoms with Crippen molar-refractivity contribution in [3.63, 3.8) is 0 Å². The third-order valence-corrected chi connectivity index (χ3v) is 4.82. The molecule has 1 atom stereocenters. The van der Waals surface area contributed by atoms with Crippen LogP contribution in [-0.2, 0) is 10.4 Å². The van der Waals surface area contributed by atoms with Crippen LogP contribution in [0, 0.1) is 5.82 Å². The van der Waals surface area contributed by atoms with Crippen LogP contribution in [0.25, 0.3) is 0 Å². The van der Waals surface area contributed by atoms with Gasteiger partial charge in [-0.25, -0.2) is 4.39 Å². The van der Waals surface area contributed by atoms with Gasteiger partial charge in [-0.3, -0.25) is 9.59 Å².